The molecule has 1 rings (SSSR count). The SMILES string of the molecule is Cc1ccc(C(=O)NC(CN)C(C)C)c(=O)[nH]1. The third kappa shape index (κ3) is 3.42. The van der Waals surface area contributed by atoms with Crippen LogP contribution < -0.4 is 16.6 Å². The van der Waals surface area contributed by atoms with Crippen molar-refractivity contribution in [3.63, 3.8) is 0 Å². The van der Waals surface area contributed by atoms with Crippen molar-refractivity contribution < 1.29 is 4.79 Å². The molecule has 0 spiro atoms. The van der Waals surface area contributed by atoms with Crippen LogP contribution in [0.25, 0.3) is 0 Å². The molecule has 0 saturated carbocycles. The summed E-state index contributed by atoms with van der Waals surface area (Å²) in [7, 11) is 0. The maximum atomic E-state index is 11.9. The standard InChI is InChI=1S/C12H19N3O2/c1-7(2)10(6-13)15-12(17)9-5-4-8(3)14-11(9)16/h4-5,7,10H,6,13H2,1-3H3,(H,14,16)(H,15,17). The summed E-state index contributed by atoms with van der Waals surface area (Å²) in [6.45, 7) is 6.06. The van der Waals surface area contributed by atoms with Crippen LogP contribution in [0.3, 0.4) is 0 Å². The lowest BCUT2D eigenvalue weighted by atomic mass is 10.0. The second-order valence-electron chi connectivity index (χ2n) is 4.44. The number of aryl methyl sites for hydroxylation is 1. The van der Waals surface area contributed by atoms with E-state index in [4.69, 9.17) is 5.73 Å². The van der Waals surface area contributed by atoms with Gasteiger partial charge in [0.2, 0.25) is 0 Å². The minimum absolute atomic E-state index is 0.120. The highest BCUT2D eigenvalue weighted by molar-refractivity contribution is 5.94. The van der Waals surface area contributed by atoms with Gasteiger partial charge < -0.3 is 16.0 Å². The fraction of sp³-hybridized carbons (Fsp3) is 0.500. The first-order chi connectivity index (χ1) is 7.95. The summed E-state index contributed by atoms with van der Waals surface area (Å²) in [6, 6.07) is 3.10. The fourth-order valence-electron chi connectivity index (χ4n) is 1.49. The molecule has 5 nitrogen and oxygen atoms in total. The van der Waals surface area contributed by atoms with Crippen LogP contribution in [0.2, 0.25) is 0 Å². The summed E-state index contributed by atoms with van der Waals surface area (Å²) in [5, 5.41) is 2.76. The molecule has 0 bridgehead atoms. The number of aromatic amines is 1. The molecule has 0 fully saturated rings. The first kappa shape index (κ1) is 13.4. The molecule has 0 aliphatic rings. The monoisotopic (exact) mass is 237 g/mol. The van der Waals surface area contributed by atoms with Crippen LogP contribution in [-0.2, 0) is 0 Å². The lowest BCUT2D eigenvalue weighted by Crippen LogP contribution is -2.45. The first-order valence-electron chi connectivity index (χ1n) is 5.66. The van der Waals surface area contributed by atoms with Gasteiger partial charge in [0.15, 0.2) is 0 Å². The third-order valence-electron chi connectivity index (χ3n) is 2.68. The van der Waals surface area contributed by atoms with Crippen molar-refractivity contribution in [2.45, 2.75) is 26.8 Å². The van der Waals surface area contributed by atoms with E-state index in [0.29, 0.717) is 6.54 Å². The average Bonchev–Trinajstić information content (AvgIpc) is 2.24. The summed E-state index contributed by atoms with van der Waals surface area (Å²) in [4.78, 5) is 26.0. The van der Waals surface area contributed by atoms with Gasteiger partial charge in [-0.15, -0.1) is 0 Å². The Morgan fingerprint density at radius 2 is 2.12 bits per heavy atom. The van der Waals surface area contributed by atoms with E-state index in [0.717, 1.165) is 5.69 Å². The molecular formula is C12H19N3O2. The van der Waals surface area contributed by atoms with Crippen molar-refractivity contribution in [1.29, 1.82) is 0 Å². The van der Waals surface area contributed by atoms with Gasteiger partial charge in [0.1, 0.15) is 5.56 Å². The molecule has 1 unspecified atom stereocenters. The van der Waals surface area contributed by atoms with Crippen LogP contribution >= 0.6 is 0 Å². The van der Waals surface area contributed by atoms with Gasteiger partial charge in [0, 0.05) is 18.3 Å². The molecule has 1 heterocycles. The van der Waals surface area contributed by atoms with Gasteiger partial charge in [0.25, 0.3) is 11.5 Å². The van der Waals surface area contributed by atoms with Crippen molar-refractivity contribution in [2.75, 3.05) is 6.54 Å². The molecule has 1 aromatic heterocycles. The van der Waals surface area contributed by atoms with Crippen molar-refractivity contribution in [2.24, 2.45) is 11.7 Å². The van der Waals surface area contributed by atoms with E-state index in [-0.39, 0.29) is 29.0 Å². The second-order valence-corrected chi connectivity index (χ2v) is 4.44. The zero-order chi connectivity index (χ0) is 13.0. The zero-order valence-corrected chi connectivity index (χ0v) is 10.4. The number of rotatable bonds is 4. The largest absolute Gasteiger partial charge is 0.348 e. The summed E-state index contributed by atoms with van der Waals surface area (Å²) >= 11 is 0. The van der Waals surface area contributed by atoms with Crippen LogP contribution in [0.5, 0.6) is 0 Å². The van der Waals surface area contributed by atoms with Crippen LogP contribution in [0.4, 0.5) is 0 Å². The third-order valence-corrected chi connectivity index (χ3v) is 2.68. The summed E-state index contributed by atoms with van der Waals surface area (Å²) in [6.07, 6.45) is 0. The van der Waals surface area contributed by atoms with Crippen LogP contribution in [0.1, 0.15) is 29.9 Å². The highest BCUT2D eigenvalue weighted by Gasteiger charge is 2.17. The van der Waals surface area contributed by atoms with Gasteiger partial charge in [-0.25, -0.2) is 0 Å². The Kier molecular flexibility index (Phi) is 4.45. The molecule has 0 aliphatic heterocycles. The first-order valence-corrected chi connectivity index (χ1v) is 5.66. The summed E-state index contributed by atoms with van der Waals surface area (Å²) in [5.74, 6) is -0.149. The number of aromatic nitrogens is 1. The van der Waals surface area contributed by atoms with Gasteiger partial charge in [-0.2, -0.15) is 0 Å². The van der Waals surface area contributed by atoms with Crippen molar-refractivity contribution in [3.05, 3.63) is 33.7 Å². The van der Waals surface area contributed by atoms with Gasteiger partial charge in [0.05, 0.1) is 0 Å². The minimum Gasteiger partial charge on any atom is -0.348 e. The number of hydrogen-bond donors (Lipinski definition) is 3. The molecule has 1 atom stereocenters. The van der Waals surface area contributed by atoms with Crippen molar-refractivity contribution in [3.8, 4) is 0 Å². The maximum absolute atomic E-state index is 11.9. The number of hydrogen-bond acceptors (Lipinski definition) is 3. The molecule has 1 amide bonds. The van der Waals surface area contributed by atoms with E-state index < -0.39 is 0 Å². The Labute approximate surface area is 100 Å². The molecule has 5 heteroatoms. The molecule has 0 saturated heterocycles. The Morgan fingerprint density at radius 3 is 2.59 bits per heavy atom. The predicted octanol–water partition coefficient (Wildman–Crippen LogP) is 0.396. The number of nitrogens with two attached hydrogens (primary N) is 1. The van der Waals surface area contributed by atoms with E-state index in [1.807, 2.05) is 13.8 Å². The highest BCUT2D eigenvalue weighted by Crippen LogP contribution is 2.01. The average molecular weight is 237 g/mol. The Morgan fingerprint density at radius 1 is 1.47 bits per heavy atom. The van der Waals surface area contributed by atoms with Gasteiger partial charge in [-0.1, -0.05) is 13.8 Å². The molecule has 1 aromatic rings. The zero-order valence-electron chi connectivity index (χ0n) is 10.4. The lowest BCUT2D eigenvalue weighted by molar-refractivity contribution is 0.0926. The van der Waals surface area contributed by atoms with Crippen LogP contribution in [-0.4, -0.2) is 23.5 Å². The van der Waals surface area contributed by atoms with Crippen molar-refractivity contribution >= 4 is 5.91 Å². The van der Waals surface area contributed by atoms with Gasteiger partial charge >= 0.3 is 0 Å². The molecule has 0 aromatic carbocycles. The number of carbonyl (C=O) groups is 1. The van der Waals surface area contributed by atoms with Crippen molar-refractivity contribution in [1.82, 2.24) is 10.3 Å². The Bertz CT molecular complexity index is 451. The van der Waals surface area contributed by atoms with E-state index in [1.54, 1.807) is 13.0 Å². The fourth-order valence-corrected chi connectivity index (χ4v) is 1.49. The molecule has 0 aliphatic carbocycles. The number of amides is 1. The highest BCUT2D eigenvalue weighted by atomic mass is 16.2. The van der Waals surface area contributed by atoms with Crippen LogP contribution in [0, 0.1) is 12.8 Å². The molecule has 0 radical (unpaired) electrons. The summed E-state index contributed by atoms with van der Waals surface area (Å²) in [5.41, 5.74) is 6.04. The summed E-state index contributed by atoms with van der Waals surface area (Å²) < 4.78 is 0. The molecule has 94 valence electrons. The molecular weight excluding hydrogens is 218 g/mol. The number of carbonyl (C=O) groups excluding carboxylic acids is 1. The topological polar surface area (TPSA) is 88.0 Å². The number of pyridine rings is 1. The van der Waals surface area contributed by atoms with E-state index in [9.17, 15) is 9.59 Å². The van der Waals surface area contributed by atoms with Gasteiger partial charge in [-0.05, 0) is 25.0 Å². The van der Waals surface area contributed by atoms with E-state index >= 15 is 0 Å². The number of nitrogens with one attached hydrogen (secondary N) is 2. The molecule has 4 N–H and O–H groups in total. The Hall–Kier alpha value is -1.62. The van der Waals surface area contributed by atoms with Gasteiger partial charge in [-0.3, -0.25) is 9.59 Å². The lowest BCUT2D eigenvalue weighted by Gasteiger charge is -2.20. The van der Waals surface area contributed by atoms with E-state index in [2.05, 4.69) is 10.3 Å². The second kappa shape index (κ2) is 5.63. The smallest absolute Gasteiger partial charge is 0.260 e. The normalized spacial score (nSPS) is 12.5. The maximum Gasteiger partial charge on any atom is 0.260 e. The van der Waals surface area contributed by atoms with Crippen LogP contribution in [0.15, 0.2) is 16.9 Å². The number of H-pyrrole nitrogens is 1. The quantitative estimate of drug-likeness (QED) is 0.708. The minimum atomic E-state index is -0.379. The predicted molar refractivity (Wildman–Crippen MR) is 66.9 cm³/mol. The molecule has 17 heavy (non-hydrogen) atoms. The Balaban J connectivity index is 2.86. The van der Waals surface area contributed by atoms with E-state index in [1.165, 1.54) is 6.07 Å².